The van der Waals surface area contributed by atoms with Crippen LogP contribution in [0.2, 0.25) is 0 Å². The first kappa shape index (κ1) is 19.9. The van der Waals surface area contributed by atoms with E-state index in [4.69, 9.17) is 4.42 Å². The fourth-order valence-corrected chi connectivity index (χ4v) is 5.46. The zero-order chi connectivity index (χ0) is 20.3. The van der Waals surface area contributed by atoms with Crippen LogP contribution < -0.4 is 0 Å². The van der Waals surface area contributed by atoms with Crippen LogP contribution in [-0.4, -0.2) is 45.6 Å². The van der Waals surface area contributed by atoms with Crippen LogP contribution >= 0.6 is 11.8 Å². The molecular formula is C19H21N5O3S2. The van der Waals surface area contributed by atoms with Crippen molar-refractivity contribution in [1.29, 1.82) is 0 Å². The summed E-state index contributed by atoms with van der Waals surface area (Å²) in [7, 11) is -3.54. The van der Waals surface area contributed by atoms with Gasteiger partial charge in [0, 0.05) is 37.6 Å². The van der Waals surface area contributed by atoms with Gasteiger partial charge >= 0.3 is 0 Å². The summed E-state index contributed by atoms with van der Waals surface area (Å²) in [5.41, 5.74) is 0.915. The summed E-state index contributed by atoms with van der Waals surface area (Å²) >= 11 is 1.44. The van der Waals surface area contributed by atoms with Crippen molar-refractivity contribution in [3.05, 3.63) is 55.1 Å². The van der Waals surface area contributed by atoms with E-state index in [9.17, 15) is 8.42 Å². The molecule has 0 radical (unpaired) electrons. The van der Waals surface area contributed by atoms with Crippen molar-refractivity contribution in [3.8, 4) is 11.4 Å². The van der Waals surface area contributed by atoms with Gasteiger partial charge in [-0.2, -0.15) is 4.31 Å². The molecule has 0 amide bonds. The summed E-state index contributed by atoms with van der Waals surface area (Å²) < 4.78 is 34.3. The van der Waals surface area contributed by atoms with Crippen LogP contribution in [0.15, 0.2) is 64.0 Å². The van der Waals surface area contributed by atoms with Crippen molar-refractivity contribution in [2.45, 2.75) is 35.4 Å². The normalized spacial score (nSPS) is 15.0. The predicted octanol–water partition coefficient (Wildman–Crippen LogP) is 3.20. The molecule has 4 rings (SSSR count). The first-order valence-electron chi connectivity index (χ1n) is 9.26. The molecule has 4 heterocycles. The maximum Gasteiger partial charge on any atom is 0.276 e. The molecule has 0 N–H and O–H groups in total. The summed E-state index contributed by atoms with van der Waals surface area (Å²) in [4.78, 5) is 4.03. The molecule has 0 bridgehead atoms. The third-order valence-corrected chi connectivity index (χ3v) is 7.37. The molecule has 1 saturated heterocycles. The molecule has 152 valence electrons. The second kappa shape index (κ2) is 8.52. The number of furan rings is 1. The Bertz CT molecular complexity index is 1090. The van der Waals surface area contributed by atoms with Gasteiger partial charge in [-0.1, -0.05) is 17.8 Å². The van der Waals surface area contributed by atoms with E-state index in [-0.39, 0.29) is 5.09 Å². The summed E-state index contributed by atoms with van der Waals surface area (Å²) in [6, 6.07) is 6.98. The number of allylic oxidation sites excluding steroid dienone is 1. The lowest BCUT2D eigenvalue weighted by atomic mass is 10.2. The number of hydrogen-bond acceptors (Lipinski definition) is 7. The van der Waals surface area contributed by atoms with Crippen LogP contribution in [0.4, 0.5) is 0 Å². The zero-order valence-electron chi connectivity index (χ0n) is 15.8. The first-order valence-corrected chi connectivity index (χ1v) is 11.7. The van der Waals surface area contributed by atoms with Crippen molar-refractivity contribution in [2.24, 2.45) is 0 Å². The fourth-order valence-electron chi connectivity index (χ4n) is 3.17. The highest BCUT2D eigenvalue weighted by molar-refractivity contribution is 7.98. The highest BCUT2D eigenvalue weighted by Gasteiger charge is 2.30. The Morgan fingerprint density at radius 1 is 1.14 bits per heavy atom. The van der Waals surface area contributed by atoms with Crippen molar-refractivity contribution < 1.29 is 12.8 Å². The predicted molar refractivity (Wildman–Crippen MR) is 110 cm³/mol. The number of nitrogens with zero attached hydrogens (tertiary/aromatic N) is 5. The number of sulfonamides is 1. The second-order valence-corrected chi connectivity index (χ2v) is 9.37. The van der Waals surface area contributed by atoms with E-state index < -0.39 is 10.0 Å². The topological polar surface area (TPSA) is 94.1 Å². The minimum Gasteiger partial charge on any atom is -0.447 e. The van der Waals surface area contributed by atoms with Gasteiger partial charge in [0.25, 0.3) is 10.0 Å². The van der Waals surface area contributed by atoms with E-state index in [2.05, 4.69) is 21.8 Å². The van der Waals surface area contributed by atoms with E-state index in [1.165, 1.54) is 22.1 Å². The van der Waals surface area contributed by atoms with Gasteiger partial charge in [0.15, 0.2) is 11.0 Å². The molecule has 8 nitrogen and oxygen atoms in total. The third-order valence-electron chi connectivity index (χ3n) is 4.61. The summed E-state index contributed by atoms with van der Waals surface area (Å²) in [6.45, 7) is 5.47. The van der Waals surface area contributed by atoms with Crippen LogP contribution in [0.1, 0.15) is 18.6 Å². The Hall–Kier alpha value is -2.43. The van der Waals surface area contributed by atoms with Crippen LogP contribution in [0.25, 0.3) is 11.4 Å². The van der Waals surface area contributed by atoms with Gasteiger partial charge in [-0.15, -0.1) is 16.8 Å². The van der Waals surface area contributed by atoms with E-state index in [1.54, 1.807) is 24.5 Å². The van der Waals surface area contributed by atoms with E-state index in [0.717, 1.165) is 24.2 Å². The Morgan fingerprint density at radius 3 is 2.62 bits per heavy atom. The molecule has 1 aliphatic heterocycles. The number of aromatic nitrogens is 4. The van der Waals surface area contributed by atoms with E-state index in [1.807, 2.05) is 16.7 Å². The summed E-state index contributed by atoms with van der Waals surface area (Å²) in [5, 5.41) is 9.29. The Labute approximate surface area is 173 Å². The smallest absolute Gasteiger partial charge is 0.276 e. The molecular weight excluding hydrogens is 410 g/mol. The summed E-state index contributed by atoms with van der Waals surface area (Å²) in [5.74, 6) is 1.75. The molecule has 10 heteroatoms. The maximum atomic E-state index is 12.6. The van der Waals surface area contributed by atoms with E-state index >= 15 is 0 Å². The first-order chi connectivity index (χ1) is 14.1. The highest BCUT2D eigenvalue weighted by atomic mass is 32.2. The molecule has 0 aliphatic carbocycles. The zero-order valence-corrected chi connectivity index (χ0v) is 17.4. The Kier molecular flexibility index (Phi) is 5.84. The third kappa shape index (κ3) is 4.14. The molecule has 0 aromatic carbocycles. The van der Waals surface area contributed by atoms with Crippen LogP contribution in [-0.2, 0) is 22.3 Å². The molecule has 0 atom stereocenters. The van der Waals surface area contributed by atoms with Gasteiger partial charge in [-0.05, 0) is 37.1 Å². The van der Waals surface area contributed by atoms with E-state index in [0.29, 0.717) is 36.3 Å². The van der Waals surface area contributed by atoms with Crippen LogP contribution in [0.3, 0.4) is 0 Å². The second-order valence-electron chi connectivity index (χ2n) is 6.56. The van der Waals surface area contributed by atoms with Crippen LogP contribution in [0.5, 0.6) is 0 Å². The quantitative estimate of drug-likeness (QED) is 0.399. The van der Waals surface area contributed by atoms with Gasteiger partial charge in [0.1, 0.15) is 5.76 Å². The van der Waals surface area contributed by atoms with Crippen molar-refractivity contribution >= 4 is 21.8 Å². The minimum absolute atomic E-state index is 0.0000305. The maximum absolute atomic E-state index is 12.6. The van der Waals surface area contributed by atoms with Crippen molar-refractivity contribution in [1.82, 2.24) is 24.1 Å². The molecule has 1 fully saturated rings. The van der Waals surface area contributed by atoms with Crippen molar-refractivity contribution in [2.75, 3.05) is 13.1 Å². The molecule has 3 aromatic rings. The molecule has 0 spiro atoms. The van der Waals surface area contributed by atoms with Gasteiger partial charge < -0.3 is 4.42 Å². The lowest BCUT2D eigenvalue weighted by Crippen LogP contribution is -2.27. The average molecular weight is 432 g/mol. The largest absolute Gasteiger partial charge is 0.447 e. The lowest BCUT2D eigenvalue weighted by Gasteiger charge is -2.12. The standard InChI is InChI=1S/C19H21N5O3S2/c1-2-11-24-18(15-7-9-20-10-8-15)21-22-19(24)28-14-16-5-6-17(27-16)29(25,26)23-12-3-4-13-23/h2,5-10H,1,3-4,11-14H2. The minimum atomic E-state index is -3.54. The number of hydrogen-bond donors (Lipinski definition) is 0. The van der Waals surface area contributed by atoms with Gasteiger partial charge in [-0.3, -0.25) is 9.55 Å². The molecule has 1 aliphatic rings. The molecule has 29 heavy (non-hydrogen) atoms. The molecule has 3 aromatic heterocycles. The van der Waals surface area contributed by atoms with Gasteiger partial charge in [0.05, 0.1) is 5.75 Å². The number of rotatable bonds is 8. The number of thioether (sulfide) groups is 1. The molecule has 0 saturated carbocycles. The number of pyridine rings is 1. The molecule has 0 unspecified atom stereocenters. The van der Waals surface area contributed by atoms with Gasteiger partial charge in [-0.25, -0.2) is 8.42 Å². The fraction of sp³-hybridized carbons (Fsp3) is 0.316. The average Bonchev–Trinajstić information content (AvgIpc) is 3.48. The van der Waals surface area contributed by atoms with Gasteiger partial charge in [0.2, 0.25) is 5.09 Å². The van der Waals surface area contributed by atoms with Crippen molar-refractivity contribution in [3.63, 3.8) is 0 Å². The Balaban J connectivity index is 1.51. The van der Waals surface area contributed by atoms with Crippen LogP contribution in [0, 0.1) is 0 Å². The Morgan fingerprint density at radius 2 is 1.90 bits per heavy atom. The monoisotopic (exact) mass is 431 g/mol. The highest BCUT2D eigenvalue weighted by Crippen LogP contribution is 2.29. The lowest BCUT2D eigenvalue weighted by molar-refractivity contribution is 0.397. The SMILES string of the molecule is C=CCn1c(SCc2ccc(S(=O)(=O)N3CCCC3)o2)nnc1-c1ccncc1. The summed E-state index contributed by atoms with van der Waals surface area (Å²) in [6.07, 6.45) is 6.98.